The van der Waals surface area contributed by atoms with Crippen molar-refractivity contribution in [2.24, 2.45) is 0 Å². The maximum absolute atomic E-state index is 4.67. The number of fused-ring (bicyclic) bond motifs is 5. The van der Waals surface area contributed by atoms with Crippen LogP contribution in [-0.2, 0) is 0 Å². The molecule has 0 spiro atoms. The number of hydrogen-bond donors (Lipinski definition) is 0. The maximum atomic E-state index is 4.67. The quantitative estimate of drug-likeness (QED) is 0.275. The molecular weight excluding hydrogens is 402 g/mol. The van der Waals surface area contributed by atoms with Crippen molar-refractivity contribution in [2.75, 3.05) is 0 Å². The molecule has 0 N–H and O–H groups in total. The van der Waals surface area contributed by atoms with E-state index in [-0.39, 0.29) is 0 Å². The lowest BCUT2D eigenvalue weighted by Crippen LogP contribution is -2.00. The highest BCUT2D eigenvalue weighted by Crippen LogP contribution is 2.50. The summed E-state index contributed by atoms with van der Waals surface area (Å²) in [4.78, 5) is 9.35. The van der Waals surface area contributed by atoms with Gasteiger partial charge in [0.2, 0.25) is 5.95 Å². The standard InChI is InChI=1S/C30H17N3/c1-2-9-20-19(7-1)17-24-22-11-4-3-10-21(22)23-12-5-8-18-13-14-25-28(26(18)23)27(24)29(20)33(25)30-31-15-6-16-32-30/h1-17H. The molecule has 1 aliphatic rings. The second-order valence-electron chi connectivity index (χ2n) is 8.66. The number of rotatable bonds is 1. The highest BCUT2D eigenvalue weighted by atomic mass is 15.1. The van der Waals surface area contributed by atoms with Crippen molar-refractivity contribution in [2.45, 2.75) is 0 Å². The van der Waals surface area contributed by atoms with Crippen LogP contribution in [0.4, 0.5) is 0 Å². The van der Waals surface area contributed by atoms with Crippen molar-refractivity contribution in [1.29, 1.82) is 0 Å². The van der Waals surface area contributed by atoms with Gasteiger partial charge in [-0.2, -0.15) is 0 Å². The second-order valence-corrected chi connectivity index (χ2v) is 8.66. The first-order chi connectivity index (χ1) is 16.4. The highest BCUT2D eigenvalue weighted by Gasteiger charge is 2.26. The predicted molar refractivity (Wildman–Crippen MR) is 136 cm³/mol. The molecule has 0 fully saturated rings. The molecule has 0 saturated carbocycles. The van der Waals surface area contributed by atoms with Crippen molar-refractivity contribution in [3.63, 3.8) is 0 Å². The Balaban J connectivity index is 1.79. The molecule has 0 amide bonds. The molecule has 1 aliphatic carbocycles. The molecule has 0 atom stereocenters. The Morgan fingerprint density at radius 3 is 2.12 bits per heavy atom. The van der Waals surface area contributed by atoms with Gasteiger partial charge in [0.15, 0.2) is 0 Å². The Morgan fingerprint density at radius 2 is 1.24 bits per heavy atom. The smallest absolute Gasteiger partial charge is 0.234 e. The molecule has 2 aromatic heterocycles. The molecule has 0 saturated heterocycles. The van der Waals surface area contributed by atoms with Crippen molar-refractivity contribution >= 4 is 43.4 Å². The van der Waals surface area contributed by atoms with Crippen LogP contribution >= 0.6 is 0 Å². The number of benzene rings is 5. The van der Waals surface area contributed by atoms with Crippen LogP contribution in [0.3, 0.4) is 0 Å². The fraction of sp³-hybridized carbons (Fsp3) is 0. The fourth-order valence-corrected chi connectivity index (χ4v) is 5.75. The summed E-state index contributed by atoms with van der Waals surface area (Å²) < 4.78 is 2.25. The van der Waals surface area contributed by atoms with Gasteiger partial charge < -0.3 is 0 Å². The SMILES string of the molecule is c1cnc(-n2c3ccc4cccc5c4c3c3c(cc4ccccc4c32)-c2ccccc2-5)nc1. The lowest BCUT2D eigenvalue weighted by molar-refractivity contribution is 0.991. The zero-order valence-corrected chi connectivity index (χ0v) is 17.7. The van der Waals surface area contributed by atoms with E-state index in [9.17, 15) is 0 Å². The molecule has 0 unspecified atom stereocenters. The molecule has 7 aromatic rings. The molecule has 3 heteroatoms. The minimum absolute atomic E-state index is 0.700. The molecule has 0 bridgehead atoms. The molecule has 0 aliphatic heterocycles. The summed E-state index contributed by atoms with van der Waals surface area (Å²) >= 11 is 0. The monoisotopic (exact) mass is 419 g/mol. The van der Waals surface area contributed by atoms with Crippen LogP contribution in [0.25, 0.3) is 71.6 Å². The zero-order chi connectivity index (χ0) is 21.5. The normalized spacial score (nSPS) is 12.2. The van der Waals surface area contributed by atoms with E-state index in [0.29, 0.717) is 5.95 Å². The number of aromatic nitrogens is 3. The van der Waals surface area contributed by atoms with E-state index in [1.54, 1.807) is 0 Å². The van der Waals surface area contributed by atoms with Crippen LogP contribution < -0.4 is 0 Å². The molecule has 33 heavy (non-hydrogen) atoms. The largest absolute Gasteiger partial charge is 0.277 e. The predicted octanol–water partition coefficient (Wildman–Crippen LogP) is 7.53. The van der Waals surface area contributed by atoms with E-state index >= 15 is 0 Å². The Hall–Kier alpha value is -4.50. The molecular formula is C30H17N3. The Kier molecular flexibility index (Phi) is 3.14. The van der Waals surface area contributed by atoms with Gasteiger partial charge in [0.05, 0.1) is 11.0 Å². The van der Waals surface area contributed by atoms with Crippen LogP contribution in [0, 0.1) is 0 Å². The Bertz CT molecular complexity index is 1910. The third-order valence-corrected chi connectivity index (χ3v) is 7.02. The molecule has 8 rings (SSSR count). The van der Waals surface area contributed by atoms with Crippen LogP contribution in [0.2, 0.25) is 0 Å². The van der Waals surface area contributed by atoms with Crippen molar-refractivity contribution < 1.29 is 0 Å². The van der Waals surface area contributed by atoms with E-state index in [4.69, 9.17) is 0 Å². The second kappa shape index (κ2) is 6.05. The van der Waals surface area contributed by atoms with Crippen LogP contribution in [0.15, 0.2) is 103 Å². The first-order valence-corrected chi connectivity index (χ1v) is 11.2. The summed E-state index contributed by atoms with van der Waals surface area (Å²) in [5, 5.41) is 7.54. The van der Waals surface area contributed by atoms with E-state index in [2.05, 4.69) is 99.5 Å². The van der Waals surface area contributed by atoms with Gasteiger partial charge in [-0.1, -0.05) is 72.8 Å². The summed E-state index contributed by atoms with van der Waals surface area (Å²) in [7, 11) is 0. The molecule has 2 heterocycles. The van der Waals surface area contributed by atoms with Gasteiger partial charge >= 0.3 is 0 Å². The third-order valence-electron chi connectivity index (χ3n) is 7.02. The molecule has 3 nitrogen and oxygen atoms in total. The van der Waals surface area contributed by atoms with Crippen molar-refractivity contribution in [3.8, 4) is 28.2 Å². The van der Waals surface area contributed by atoms with Gasteiger partial charge in [0.25, 0.3) is 0 Å². The van der Waals surface area contributed by atoms with Gasteiger partial charge in [0, 0.05) is 28.6 Å². The Labute approximate surface area is 189 Å². The van der Waals surface area contributed by atoms with Gasteiger partial charge in [-0.05, 0) is 56.6 Å². The highest BCUT2D eigenvalue weighted by molar-refractivity contribution is 6.33. The molecule has 152 valence electrons. The number of hydrogen-bond acceptors (Lipinski definition) is 2. The van der Waals surface area contributed by atoms with Crippen LogP contribution in [0.1, 0.15) is 0 Å². The van der Waals surface area contributed by atoms with E-state index in [0.717, 1.165) is 5.52 Å². The third kappa shape index (κ3) is 2.09. The Morgan fingerprint density at radius 1 is 0.515 bits per heavy atom. The average Bonchev–Trinajstić information content (AvgIpc) is 3.18. The van der Waals surface area contributed by atoms with E-state index in [1.165, 1.54) is 60.1 Å². The first-order valence-electron chi connectivity index (χ1n) is 11.2. The van der Waals surface area contributed by atoms with Crippen LogP contribution in [0.5, 0.6) is 0 Å². The summed E-state index contributed by atoms with van der Waals surface area (Å²) in [5.74, 6) is 0.700. The van der Waals surface area contributed by atoms with Gasteiger partial charge in [-0.25, -0.2) is 9.97 Å². The van der Waals surface area contributed by atoms with Gasteiger partial charge in [0.1, 0.15) is 0 Å². The van der Waals surface area contributed by atoms with Crippen molar-refractivity contribution in [1.82, 2.24) is 14.5 Å². The molecule has 5 aromatic carbocycles. The van der Waals surface area contributed by atoms with Gasteiger partial charge in [-0.3, -0.25) is 4.57 Å². The van der Waals surface area contributed by atoms with E-state index in [1.807, 2.05) is 18.5 Å². The average molecular weight is 419 g/mol. The summed E-state index contributed by atoms with van der Waals surface area (Å²) in [6, 6.07) is 32.8. The lowest BCUT2D eigenvalue weighted by Gasteiger charge is -2.14. The van der Waals surface area contributed by atoms with Gasteiger partial charge in [-0.15, -0.1) is 0 Å². The zero-order valence-electron chi connectivity index (χ0n) is 17.7. The first kappa shape index (κ1) is 17.1. The minimum atomic E-state index is 0.700. The summed E-state index contributed by atoms with van der Waals surface area (Å²) in [6.07, 6.45) is 3.64. The number of nitrogens with zero attached hydrogens (tertiary/aromatic N) is 3. The minimum Gasteiger partial charge on any atom is -0.277 e. The maximum Gasteiger partial charge on any atom is 0.234 e. The van der Waals surface area contributed by atoms with E-state index < -0.39 is 0 Å². The lowest BCUT2D eigenvalue weighted by atomic mass is 9.92. The van der Waals surface area contributed by atoms with Crippen molar-refractivity contribution in [3.05, 3.63) is 103 Å². The molecule has 0 radical (unpaired) electrons. The van der Waals surface area contributed by atoms with Crippen LogP contribution in [-0.4, -0.2) is 14.5 Å². The topological polar surface area (TPSA) is 30.7 Å². The summed E-state index contributed by atoms with van der Waals surface area (Å²) in [5.41, 5.74) is 7.41. The summed E-state index contributed by atoms with van der Waals surface area (Å²) in [6.45, 7) is 0. The fourth-order valence-electron chi connectivity index (χ4n) is 5.75.